The van der Waals surface area contributed by atoms with Crippen LogP contribution in [0.1, 0.15) is 39.9 Å². The fraction of sp³-hybridized carbons (Fsp3) is 0.333. The minimum atomic E-state index is 0.496. The first-order chi connectivity index (χ1) is 13.9. The molecular weight excluding hydrogens is 378 g/mol. The summed E-state index contributed by atoms with van der Waals surface area (Å²) < 4.78 is 5.85. The quantitative estimate of drug-likeness (QED) is 0.347. The number of aliphatic imine (C=N–C) groups is 1. The molecule has 3 aromatic rings. The molecule has 1 heterocycles. The van der Waals surface area contributed by atoms with Gasteiger partial charge in [0.1, 0.15) is 12.4 Å². The molecule has 0 unspecified atom stereocenters. The van der Waals surface area contributed by atoms with Crippen molar-refractivity contribution in [2.75, 3.05) is 13.6 Å². The van der Waals surface area contributed by atoms with E-state index >= 15 is 0 Å². The number of nitrogens with zero attached hydrogens (tertiary/aromatic N) is 3. The van der Waals surface area contributed by atoms with Crippen LogP contribution in [0.3, 0.4) is 0 Å². The SMILES string of the molecule is CCN(C)/C=N\c1cc(C)c(Cc2nc(COc3ccc(C)cc3)cs2)cc1C. The highest BCUT2D eigenvalue weighted by Crippen LogP contribution is 2.26. The number of aryl methyl sites for hydroxylation is 3. The number of thiazole rings is 1. The molecule has 29 heavy (non-hydrogen) atoms. The van der Waals surface area contributed by atoms with Gasteiger partial charge in [-0.2, -0.15) is 0 Å². The zero-order valence-corrected chi connectivity index (χ0v) is 18.7. The second-order valence-corrected chi connectivity index (χ2v) is 8.34. The summed E-state index contributed by atoms with van der Waals surface area (Å²) in [5, 5.41) is 3.20. The van der Waals surface area contributed by atoms with Crippen LogP contribution in [0, 0.1) is 20.8 Å². The van der Waals surface area contributed by atoms with Gasteiger partial charge in [-0.25, -0.2) is 9.98 Å². The number of aromatic nitrogens is 1. The second-order valence-electron chi connectivity index (χ2n) is 7.39. The Morgan fingerprint density at radius 3 is 2.59 bits per heavy atom. The van der Waals surface area contributed by atoms with Crippen molar-refractivity contribution in [1.29, 1.82) is 0 Å². The maximum absolute atomic E-state index is 5.85. The third kappa shape index (κ3) is 5.91. The highest BCUT2D eigenvalue weighted by Gasteiger charge is 2.09. The summed E-state index contributed by atoms with van der Waals surface area (Å²) in [4.78, 5) is 11.4. The van der Waals surface area contributed by atoms with E-state index in [9.17, 15) is 0 Å². The Hall–Kier alpha value is -2.66. The molecule has 0 saturated carbocycles. The molecule has 0 aliphatic carbocycles. The van der Waals surface area contributed by atoms with E-state index in [1.54, 1.807) is 11.3 Å². The maximum atomic E-state index is 5.85. The topological polar surface area (TPSA) is 37.7 Å². The zero-order valence-electron chi connectivity index (χ0n) is 17.9. The lowest BCUT2D eigenvalue weighted by Gasteiger charge is -2.11. The van der Waals surface area contributed by atoms with Crippen molar-refractivity contribution in [2.45, 2.75) is 40.7 Å². The molecule has 3 rings (SSSR count). The van der Waals surface area contributed by atoms with Gasteiger partial charge < -0.3 is 9.64 Å². The van der Waals surface area contributed by atoms with Crippen molar-refractivity contribution in [3.63, 3.8) is 0 Å². The van der Waals surface area contributed by atoms with Crippen LogP contribution in [0.2, 0.25) is 0 Å². The molecule has 0 bridgehead atoms. The summed E-state index contributed by atoms with van der Waals surface area (Å²) in [6, 6.07) is 12.5. The first-order valence-electron chi connectivity index (χ1n) is 9.92. The summed E-state index contributed by atoms with van der Waals surface area (Å²) in [6.45, 7) is 9.89. The van der Waals surface area contributed by atoms with Crippen molar-refractivity contribution < 1.29 is 4.74 Å². The van der Waals surface area contributed by atoms with E-state index < -0.39 is 0 Å². The largest absolute Gasteiger partial charge is 0.487 e. The first-order valence-corrected chi connectivity index (χ1v) is 10.8. The van der Waals surface area contributed by atoms with Gasteiger partial charge in [-0.05, 0) is 62.6 Å². The van der Waals surface area contributed by atoms with Gasteiger partial charge in [0, 0.05) is 25.4 Å². The average molecular weight is 408 g/mol. The van der Waals surface area contributed by atoms with E-state index in [2.05, 4.69) is 67.2 Å². The number of hydrogen-bond acceptors (Lipinski definition) is 4. The Balaban J connectivity index is 1.65. The normalized spacial score (nSPS) is 11.2. The summed E-state index contributed by atoms with van der Waals surface area (Å²) in [5.41, 5.74) is 6.96. The second kappa shape index (κ2) is 9.70. The third-order valence-corrected chi connectivity index (χ3v) is 5.79. The Kier molecular flexibility index (Phi) is 7.04. The minimum absolute atomic E-state index is 0.496. The fourth-order valence-electron chi connectivity index (χ4n) is 2.88. The minimum Gasteiger partial charge on any atom is -0.487 e. The molecule has 4 nitrogen and oxygen atoms in total. The van der Waals surface area contributed by atoms with Crippen LogP contribution in [0.5, 0.6) is 5.75 Å². The van der Waals surface area contributed by atoms with Crippen molar-refractivity contribution in [2.24, 2.45) is 4.99 Å². The maximum Gasteiger partial charge on any atom is 0.131 e. The van der Waals surface area contributed by atoms with Crippen LogP contribution in [-0.4, -0.2) is 29.8 Å². The number of rotatable bonds is 8. The lowest BCUT2D eigenvalue weighted by Crippen LogP contribution is -2.14. The predicted octanol–water partition coefficient (Wildman–Crippen LogP) is 5.85. The molecule has 152 valence electrons. The van der Waals surface area contributed by atoms with Gasteiger partial charge in [-0.15, -0.1) is 11.3 Å². The van der Waals surface area contributed by atoms with Crippen LogP contribution in [0.15, 0.2) is 46.8 Å². The molecule has 0 radical (unpaired) electrons. The highest BCUT2D eigenvalue weighted by atomic mass is 32.1. The molecule has 0 aliphatic rings. The standard InChI is InChI=1S/C24H29N3OS/c1-6-27(5)16-25-23-12-18(3)20(11-19(23)4)13-24-26-21(15-29-24)14-28-22-9-7-17(2)8-10-22/h7-12,15-16H,6,13-14H2,1-5H3/b25-16-. The summed E-state index contributed by atoms with van der Waals surface area (Å²) in [6.07, 6.45) is 2.73. The molecule has 0 N–H and O–H groups in total. The van der Waals surface area contributed by atoms with Crippen molar-refractivity contribution in [3.8, 4) is 5.75 Å². The fourth-order valence-corrected chi connectivity index (χ4v) is 3.69. The van der Waals surface area contributed by atoms with Crippen LogP contribution in [0.25, 0.3) is 0 Å². The monoisotopic (exact) mass is 407 g/mol. The van der Waals surface area contributed by atoms with Crippen LogP contribution >= 0.6 is 11.3 Å². The molecule has 0 saturated heterocycles. The Morgan fingerprint density at radius 2 is 1.86 bits per heavy atom. The zero-order chi connectivity index (χ0) is 20.8. The molecule has 0 fully saturated rings. The average Bonchev–Trinajstić information content (AvgIpc) is 3.16. The van der Waals surface area contributed by atoms with Gasteiger partial charge in [0.05, 0.1) is 22.7 Å². The first kappa shape index (κ1) is 21.1. The number of benzene rings is 2. The van der Waals surface area contributed by atoms with Gasteiger partial charge in [0.2, 0.25) is 0 Å². The molecule has 2 aromatic carbocycles. The van der Waals surface area contributed by atoms with Gasteiger partial charge in [0.25, 0.3) is 0 Å². The summed E-state index contributed by atoms with van der Waals surface area (Å²) in [7, 11) is 2.03. The van der Waals surface area contributed by atoms with Gasteiger partial charge in [-0.3, -0.25) is 0 Å². The molecule has 0 atom stereocenters. The third-order valence-electron chi connectivity index (χ3n) is 4.90. The van der Waals surface area contributed by atoms with Gasteiger partial charge in [0.15, 0.2) is 0 Å². The van der Waals surface area contributed by atoms with E-state index in [4.69, 9.17) is 9.72 Å². The van der Waals surface area contributed by atoms with Gasteiger partial charge in [-0.1, -0.05) is 23.8 Å². The predicted molar refractivity (Wildman–Crippen MR) is 123 cm³/mol. The van der Waals surface area contributed by atoms with Crippen molar-refractivity contribution >= 4 is 23.4 Å². The van der Waals surface area contributed by atoms with Crippen LogP contribution < -0.4 is 4.74 Å². The summed E-state index contributed by atoms with van der Waals surface area (Å²) in [5.74, 6) is 0.876. The van der Waals surface area contributed by atoms with E-state index in [1.165, 1.54) is 22.3 Å². The highest BCUT2D eigenvalue weighted by molar-refractivity contribution is 7.09. The van der Waals surface area contributed by atoms with E-state index in [0.717, 1.165) is 35.1 Å². The summed E-state index contributed by atoms with van der Waals surface area (Å²) >= 11 is 1.69. The molecular formula is C24H29N3OS. The molecule has 0 aliphatic heterocycles. The molecule has 5 heteroatoms. The van der Waals surface area contributed by atoms with E-state index in [1.807, 2.05) is 25.5 Å². The lowest BCUT2D eigenvalue weighted by molar-refractivity contribution is 0.302. The lowest BCUT2D eigenvalue weighted by atomic mass is 10.0. The molecule has 0 spiro atoms. The van der Waals surface area contributed by atoms with Crippen molar-refractivity contribution in [3.05, 3.63) is 74.7 Å². The Morgan fingerprint density at radius 1 is 1.10 bits per heavy atom. The van der Waals surface area contributed by atoms with E-state index in [-0.39, 0.29) is 0 Å². The number of ether oxygens (including phenoxy) is 1. The Labute approximate surface area is 177 Å². The Bertz CT molecular complexity index is 976. The van der Waals surface area contributed by atoms with Crippen LogP contribution in [0.4, 0.5) is 5.69 Å². The number of hydrogen-bond donors (Lipinski definition) is 0. The van der Waals surface area contributed by atoms with Crippen molar-refractivity contribution in [1.82, 2.24) is 9.88 Å². The van der Waals surface area contributed by atoms with E-state index in [0.29, 0.717) is 6.61 Å². The molecule has 1 aromatic heterocycles. The van der Waals surface area contributed by atoms with Crippen LogP contribution in [-0.2, 0) is 13.0 Å². The molecule has 0 amide bonds. The smallest absolute Gasteiger partial charge is 0.131 e. The van der Waals surface area contributed by atoms with Gasteiger partial charge >= 0.3 is 0 Å².